The molecule has 0 amide bonds. The van der Waals surface area contributed by atoms with Gasteiger partial charge in [0.1, 0.15) is 0 Å². The third-order valence-corrected chi connectivity index (χ3v) is 3.24. The van der Waals surface area contributed by atoms with Gasteiger partial charge in [-0.15, -0.1) is 0 Å². The van der Waals surface area contributed by atoms with E-state index < -0.39 is 17.7 Å². The lowest BCUT2D eigenvalue weighted by atomic mass is 10.1. The van der Waals surface area contributed by atoms with Crippen molar-refractivity contribution in [3.8, 4) is 0 Å². The number of rotatable bonds is 3. The monoisotopic (exact) mass is 274 g/mol. The Balaban J connectivity index is 1.92. The van der Waals surface area contributed by atoms with Gasteiger partial charge in [-0.1, -0.05) is 24.3 Å². The van der Waals surface area contributed by atoms with Crippen LogP contribution in [0.2, 0.25) is 0 Å². The van der Waals surface area contributed by atoms with Gasteiger partial charge in [0.25, 0.3) is 0 Å². The van der Waals surface area contributed by atoms with Gasteiger partial charge in [-0.05, 0) is 18.2 Å². The molecule has 5 heteroatoms. The Morgan fingerprint density at radius 2 is 1.90 bits per heavy atom. The van der Waals surface area contributed by atoms with Crippen LogP contribution < -0.4 is 0 Å². The van der Waals surface area contributed by atoms with E-state index in [4.69, 9.17) is 0 Å². The summed E-state index contributed by atoms with van der Waals surface area (Å²) in [7, 11) is 0. The van der Waals surface area contributed by atoms with Gasteiger partial charge in [0, 0.05) is 5.56 Å². The first-order chi connectivity index (χ1) is 9.66. The van der Waals surface area contributed by atoms with Gasteiger partial charge in [0.05, 0.1) is 30.0 Å². The quantitative estimate of drug-likeness (QED) is 0.797. The molecule has 0 fully saturated rings. The topological polar surface area (TPSA) is 38.0 Å². The van der Waals surface area contributed by atoms with Crippen LogP contribution in [-0.4, -0.2) is 14.7 Å². The first-order valence-electron chi connectivity index (χ1n) is 6.18. The summed E-state index contributed by atoms with van der Waals surface area (Å²) < 4.78 is 28.5. The van der Waals surface area contributed by atoms with Crippen molar-refractivity contribution in [2.45, 2.75) is 12.6 Å². The second-order valence-electron chi connectivity index (χ2n) is 4.54. The molecule has 1 atom stereocenters. The first kappa shape index (κ1) is 12.7. The van der Waals surface area contributed by atoms with Crippen LogP contribution in [0.25, 0.3) is 11.0 Å². The highest BCUT2D eigenvalue weighted by Gasteiger charge is 2.17. The number of para-hydroxylation sites is 2. The summed E-state index contributed by atoms with van der Waals surface area (Å²) in [6, 6.07) is 11.2. The third kappa shape index (κ3) is 2.16. The highest BCUT2D eigenvalue weighted by molar-refractivity contribution is 5.74. The van der Waals surface area contributed by atoms with E-state index in [1.807, 2.05) is 24.3 Å². The van der Waals surface area contributed by atoms with Crippen molar-refractivity contribution in [3.63, 3.8) is 0 Å². The van der Waals surface area contributed by atoms with Crippen molar-refractivity contribution in [1.82, 2.24) is 9.55 Å². The van der Waals surface area contributed by atoms with Gasteiger partial charge < -0.3 is 9.67 Å². The number of nitrogens with zero attached hydrogens (tertiary/aromatic N) is 2. The lowest BCUT2D eigenvalue weighted by Crippen LogP contribution is -2.10. The first-order valence-corrected chi connectivity index (χ1v) is 6.18. The summed E-state index contributed by atoms with van der Waals surface area (Å²) in [4.78, 5) is 4.19. The zero-order valence-electron chi connectivity index (χ0n) is 10.5. The SMILES string of the molecule is OC(Cn1cnc2ccccc21)c1cccc(F)c1F. The summed E-state index contributed by atoms with van der Waals surface area (Å²) in [5.41, 5.74) is 1.57. The number of hydrogen-bond donors (Lipinski definition) is 1. The van der Waals surface area contributed by atoms with Gasteiger partial charge in [-0.2, -0.15) is 0 Å². The average Bonchev–Trinajstić information content (AvgIpc) is 2.85. The molecule has 3 rings (SSSR count). The standard InChI is InChI=1S/C15H12F2N2O/c16-11-5-3-4-10(15(11)17)14(20)8-19-9-18-12-6-1-2-7-13(12)19/h1-7,9,14,20H,8H2. The van der Waals surface area contributed by atoms with Crippen LogP contribution in [0.1, 0.15) is 11.7 Å². The second kappa shape index (κ2) is 5.02. The smallest absolute Gasteiger partial charge is 0.164 e. The number of aliphatic hydroxyl groups excluding tert-OH is 1. The number of halogens is 2. The van der Waals surface area contributed by atoms with E-state index in [2.05, 4.69) is 4.98 Å². The summed E-state index contributed by atoms with van der Waals surface area (Å²) >= 11 is 0. The largest absolute Gasteiger partial charge is 0.386 e. The van der Waals surface area contributed by atoms with Crippen LogP contribution in [0.5, 0.6) is 0 Å². The van der Waals surface area contributed by atoms with Crippen LogP contribution in [0, 0.1) is 11.6 Å². The molecule has 3 nitrogen and oxygen atoms in total. The third-order valence-electron chi connectivity index (χ3n) is 3.24. The van der Waals surface area contributed by atoms with Crippen molar-refractivity contribution >= 4 is 11.0 Å². The lowest BCUT2D eigenvalue weighted by Gasteiger charge is -2.13. The van der Waals surface area contributed by atoms with E-state index in [9.17, 15) is 13.9 Å². The molecule has 0 radical (unpaired) electrons. The van der Waals surface area contributed by atoms with E-state index in [0.717, 1.165) is 17.1 Å². The minimum atomic E-state index is -1.14. The number of imidazole rings is 1. The molecule has 1 heterocycles. The van der Waals surface area contributed by atoms with Crippen molar-refractivity contribution in [2.24, 2.45) is 0 Å². The molecule has 0 saturated carbocycles. The van der Waals surface area contributed by atoms with Crippen molar-refractivity contribution in [2.75, 3.05) is 0 Å². The van der Waals surface area contributed by atoms with Gasteiger partial charge >= 0.3 is 0 Å². The summed E-state index contributed by atoms with van der Waals surface area (Å²) in [6.07, 6.45) is 0.439. The Kier molecular flexibility index (Phi) is 3.20. The predicted octanol–water partition coefficient (Wildman–Crippen LogP) is 3.05. The minimum absolute atomic E-state index is 0.0530. The molecule has 0 saturated heterocycles. The Morgan fingerprint density at radius 1 is 1.10 bits per heavy atom. The van der Waals surface area contributed by atoms with Crippen LogP contribution >= 0.6 is 0 Å². The fourth-order valence-electron chi connectivity index (χ4n) is 2.22. The fourth-order valence-corrected chi connectivity index (χ4v) is 2.22. The summed E-state index contributed by atoms with van der Waals surface area (Å²) in [6.45, 7) is 0.112. The average molecular weight is 274 g/mol. The normalized spacial score (nSPS) is 12.8. The molecular formula is C15H12F2N2O. The van der Waals surface area contributed by atoms with Crippen LogP contribution in [0.15, 0.2) is 48.8 Å². The van der Waals surface area contributed by atoms with E-state index >= 15 is 0 Å². The molecule has 0 aliphatic heterocycles. The van der Waals surface area contributed by atoms with Gasteiger partial charge in [-0.25, -0.2) is 13.8 Å². The number of benzene rings is 2. The van der Waals surface area contributed by atoms with E-state index in [1.165, 1.54) is 12.1 Å². The fraction of sp³-hybridized carbons (Fsp3) is 0.133. The van der Waals surface area contributed by atoms with Crippen LogP contribution in [-0.2, 0) is 6.54 Å². The van der Waals surface area contributed by atoms with Crippen LogP contribution in [0.4, 0.5) is 8.78 Å². The molecule has 20 heavy (non-hydrogen) atoms. The Labute approximate surface area is 114 Å². The van der Waals surface area contributed by atoms with Gasteiger partial charge in [-0.3, -0.25) is 0 Å². The van der Waals surface area contributed by atoms with Gasteiger partial charge in [0.15, 0.2) is 11.6 Å². The molecule has 0 bridgehead atoms. The lowest BCUT2D eigenvalue weighted by molar-refractivity contribution is 0.152. The molecule has 1 unspecified atom stereocenters. The van der Waals surface area contributed by atoms with E-state index in [1.54, 1.807) is 10.9 Å². The maximum Gasteiger partial charge on any atom is 0.164 e. The zero-order valence-corrected chi connectivity index (χ0v) is 10.5. The second-order valence-corrected chi connectivity index (χ2v) is 4.54. The van der Waals surface area contributed by atoms with E-state index in [-0.39, 0.29) is 12.1 Å². The highest BCUT2D eigenvalue weighted by atomic mass is 19.2. The Hall–Kier alpha value is -2.27. The molecule has 0 aliphatic rings. The number of aromatic nitrogens is 2. The Morgan fingerprint density at radius 3 is 2.75 bits per heavy atom. The summed E-state index contributed by atoms with van der Waals surface area (Å²) in [5, 5.41) is 10.1. The molecule has 1 aromatic heterocycles. The molecule has 3 aromatic rings. The minimum Gasteiger partial charge on any atom is -0.386 e. The molecule has 1 N–H and O–H groups in total. The van der Waals surface area contributed by atoms with Crippen LogP contribution in [0.3, 0.4) is 0 Å². The zero-order chi connectivity index (χ0) is 14.1. The van der Waals surface area contributed by atoms with E-state index in [0.29, 0.717) is 0 Å². The predicted molar refractivity (Wildman–Crippen MR) is 71.1 cm³/mol. The van der Waals surface area contributed by atoms with Crippen molar-refractivity contribution in [3.05, 3.63) is 66.0 Å². The summed E-state index contributed by atoms with van der Waals surface area (Å²) in [5.74, 6) is -1.97. The molecule has 2 aromatic carbocycles. The molecule has 102 valence electrons. The number of fused-ring (bicyclic) bond motifs is 1. The Bertz CT molecular complexity index is 754. The maximum absolute atomic E-state index is 13.6. The highest BCUT2D eigenvalue weighted by Crippen LogP contribution is 2.22. The molecule has 0 aliphatic carbocycles. The van der Waals surface area contributed by atoms with Gasteiger partial charge in [0.2, 0.25) is 0 Å². The molecular weight excluding hydrogens is 262 g/mol. The van der Waals surface area contributed by atoms with Crippen molar-refractivity contribution < 1.29 is 13.9 Å². The van der Waals surface area contributed by atoms with Crippen molar-refractivity contribution in [1.29, 1.82) is 0 Å². The number of aliphatic hydroxyl groups is 1. The number of hydrogen-bond acceptors (Lipinski definition) is 2. The molecule has 0 spiro atoms. The maximum atomic E-state index is 13.6.